The van der Waals surface area contributed by atoms with Crippen molar-refractivity contribution in [3.05, 3.63) is 71.8 Å². The normalized spacial score (nSPS) is 13.7. The van der Waals surface area contributed by atoms with E-state index in [-0.39, 0.29) is 24.7 Å². The minimum Gasteiger partial charge on any atom is -0.475 e. The Hall–Kier alpha value is -5.52. The number of aliphatic carboxylic acids is 1. The van der Waals surface area contributed by atoms with Gasteiger partial charge in [0.1, 0.15) is 30.2 Å². The number of carboxylic acid groups (broad SMARTS) is 1. The maximum absolute atomic E-state index is 14.3. The number of amides is 6. The molecule has 8 N–H and O–H groups in total. The van der Waals surface area contributed by atoms with E-state index in [0.717, 1.165) is 11.1 Å². The van der Waals surface area contributed by atoms with Gasteiger partial charge in [0.05, 0.1) is 0 Å². The molecule has 0 aromatic heterocycles. The number of halogens is 3. The molecule has 0 saturated carbocycles. The van der Waals surface area contributed by atoms with E-state index < -0.39 is 77.8 Å². The number of carbonyl (C=O) groups excluding carboxylic acids is 6. The van der Waals surface area contributed by atoms with Crippen LogP contribution in [0.5, 0.6) is 0 Å². The molecular formula is C41H60F3N7O8. The molecule has 0 spiro atoms. The van der Waals surface area contributed by atoms with Gasteiger partial charge in [0, 0.05) is 33.9 Å². The average Bonchev–Trinajstić information content (AvgIpc) is 3.16. The quantitative estimate of drug-likeness (QED) is 0.101. The van der Waals surface area contributed by atoms with Crippen LogP contribution in [0.15, 0.2) is 60.7 Å². The number of alkyl halides is 3. The molecule has 2 aromatic rings. The van der Waals surface area contributed by atoms with Crippen molar-refractivity contribution >= 4 is 41.4 Å². The molecule has 0 fully saturated rings. The summed E-state index contributed by atoms with van der Waals surface area (Å²) >= 11 is 0. The molecule has 2 aromatic carbocycles. The zero-order chi connectivity index (χ0) is 45.0. The highest BCUT2D eigenvalue weighted by Crippen LogP contribution is 2.18. The molecule has 0 aliphatic carbocycles. The summed E-state index contributed by atoms with van der Waals surface area (Å²) in [6.45, 7) is 9.19. The maximum Gasteiger partial charge on any atom is 0.490 e. The Morgan fingerprint density at radius 1 is 0.712 bits per heavy atom. The lowest BCUT2D eigenvalue weighted by Crippen LogP contribution is -2.61. The van der Waals surface area contributed by atoms with Gasteiger partial charge in [-0.25, -0.2) is 4.79 Å². The van der Waals surface area contributed by atoms with Crippen LogP contribution in [-0.2, 0) is 46.4 Å². The molecule has 0 aliphatic rings. The molecule has 2 rings (SSSR count). The SMILES string of the molecule is CC(=O)N[C@@H](CCCCN)C(=O)N(C)[C@@H](CC(C)C)C(=O)N[C@H](C(=O)N(C)[C@@H](Cc1ccccc1)C(=O)NC(Cc1ccccc1)C(N)=O)C(C)C.O=C(O)C(F)(F)F. The molecule has 1 unspecified atom stereocenters. The Morgan fingerprint density at radius 3 is 1.61 bits per heavy atom. The third-order valence-electron chi connectivity index (χ3n) is 9.24. The van der Waals surface area contributed by atoms with Crippen molar-refractivity contribution in [3.8, 4) is 0 Å². The molecule has 0 bridgehead atoms. The average molecular weight is 836 g/mol. The molecule has 6 amide bonds. The lowest BCUT2D eigenvalue weighted by atomic mass is 9.97. The Balaban J connectivity index is 0.00000227. The number of rotatable bonds is 21. The van der Waals surface area contributed by atoms with Gasteiger partial charge >= 0.3 is 12.1 Å². The topological polar surface area (TPSA) is 234 Å². The lowest BCUT2D eigenvalue weighted by molar-refractivity contribution is -0.192. The summed E-state index contributed by atoms with van der Waals surface area (Å²) in [6.07, 6.45) is -2.83. The number of primary amides is 1. The first-order chi connectivity index (χ1) is 27.5. The highest BCUT2D eigenvalue weighted by molar-refractivity contribution is 5.96. The zero-order valence-corrected chi connectivity index (χ0v) is 34.8. The summed E-state index contributed by atoms with van der Waals surface area (Å²) in [5, 5.41) is 15.5. The van der Waals surface area contributed by atoms with Crippen molar-refractivity contribution in [3.63, 3.8) is 0 Å². The van der Waals surface area contributed by atoms with Crippen LogP contribution in [0.2, 0.25) is 0 Å². The second-order valence-corrected chi connectivity index (χ2v) is 15.0. The molecule has 18 heteroatoms. The number of likely N-dealkylation sites (N-methyl/N-ethyl adjacent to an activating group) is 2. The second-order valence-electron chi connectivity index (χ2n) is 15.0. The largest absolute Gasteiger partial charge is 0.490 e. The molecule has 15 nitrogen and oxygen atoms in total. The first-order valence-electron chi connectivity index (χ1n) is 19.3. The van der Waals surface area contributed by atoms with Crippen LogP contribution in [0.4, 0.5) is 13.2 Å². The Morgan fingerprint density at radius 2 is 1.19 bits per heavy atom. The predicted octanol–water partition coefficient (Wildman–Crippen LogP) is 2.55. The van der Waals surface area contributed by atoms with Gasteiger partial charge < -0.3 is 42.3 Å². The first-order valence-corrected chi connectivity index (χ1v) is 19.3. The fourth-order valence-corrected chi connectivity index (χ4v) is 6.00. The standard InChI is InChI=1S/C39H59N7O6.C2HF3O2/c1-25(2)22-32(45(6)38(51)30(42-27(5)47)20-14-15-21-40)37(50)44-34(26(3)4)39(52)46(7)33(24-29-18-12-9-13-19-29)36(49)43-31(35(41)48)23-28-16-10-8-11-17-28;3-2(4,5)1(6)7/h8-13,16-19,25-26,30-34H,14-15,20-24,40H2,1-7H3,(H2,41,48)(H,42,47)(H,43,49)(H,44,50);(H,6,7)/t30-,31?,32-,33-,34-;/m0./s1. The van der Waals surface area contributed by atoms with E-state index in [0.29, 0.717) is 32.2 Å². The van der Waals surface area contributed by atoms with Crippen LogP contribution in [-0.4, -0.2) is 113 Å². The third-order valence-corrected chi connectivity index (χ3v) is 9.24. The van der Waals surface area contributed by atoms with E-state index in [2.05, 4.69) is 16.0 Å². The number of carbonyl (C=O) groups is 7. The molecule has 0 aliphatic heterocycles. The van der Waals surface area contributed by atoms with Gasteiger partial charge in [0.2, 0.25) is 35.4 Å². The summed E-state index contributed by atoms with van der Waals surface area (Å²) in [6, 6.07) is 13.4. The molecule has 59 heavy (non-hydrogen) atoms. The van der Waals surface area contributed by atoms with Crippen molar-refractivity contribution in [2.75, 3.05) is 20.6 Å². The van der Waals surface area contributed by atoms with Crippen LogP contribution in [0.1, 0.15) is 71.4 Å². The number of benzene rings is 2. The van der Waals surface area contributed by atoms with Crippen molar-refractivity contribution in [2.45, 2.75) is 110 Å². The number of nitrogens with two attached hydrogens (primary N) is 2. The van der Waals surface area contributed by atoms with Crippen molar-refractivity contribution in [2.24, 2.45) is 23.3 Å². The van der Waals surface area contributed by atoms with E-state index in [4.69, 9.17) is 21.4 Å². The van der Waals surface area contributed by atoms with Crippen LogP contribution < -0.4 is 27.4 Å². The fraction of sp³-hybridized carbons (Fsp3) is 0.537. The van der Waals surface area contributed by atoms with E-state index in [1.807, 2.05) is 74.5 Å². The third kappa shape index (κ3) is 18.3. The van der Waals surface area contributed by atoms with Gasteiger partial charge in [-0.1, -0.05) is 88.4 Å². The minimum absolute atomic E-state index is 0.00590. The molecule has 0 saturated heterocycles. The van der Waals surface area contributed by atoms with Crippen LogP contribution >= 0.6 is 0 Å². The monoisotopic (exact) mass is 835 g/mol. The minimum atomic E-state index is -5.08. The van der Waals surface area contributed by atoms with Gasteiger partial charge in [0.15, 0.2) is 0 Å². The molecule has 0 radical (unpaired) electrons. The molecular weight excluding hydrogens is 775 g/mol. The van der Waals surface area contributed by atoms with Gasteiger partial charge in [-0.2, -0.15) is 13.2 Å². The Bertz CT molecular complexity index is 1680. The number of hydrogen-bond acceptors (Lipinski definition) is 8. The molecule has 5 atom stereocenters. The Kier molecular flexibility index (Phi) is 21.9. The zero-order valence-electron chi connectivity index (χ0n) is 34.8. The van der Waals surface area contributed by atoms with Crippen molar-refractivity contribution in [1.82, 2.24) is 25.8 Å². The van der Waals surface area contributed by atoms with Crippen LogP contribution in [0, 0.1) is 11.8 Å². The fourth-order valence-electron chi connectivity index (χ4n) is 6.00. The number of carboxylic acids is 1. The summed E-state index contributed by atoms with van der Waals surface area (Å²) in [4.78, 5) is 92.0. The highest BCUT2D eigenvalue weighted by atomic mass is 19.4. The summed E-state index contributed by atoms with van der Waals surface area (Å²) in [7, 11) is 3.02. The van der Waals surface area contributed by atoms with Crippen LogP contribution in [0.25, 0.3) is 0 Å². The van der Waals surface area contributed by atoms with E-state index in [9.17, 15) is 41.9 Å². The smallest absolute Gasteiger partial charge is 0.475 e. The molecule has 0 heterocycles. The maximum atomic E-state index is 14.3. The van der Waals surface area contributed by atoms with E-state index >= 15 is 0 Å². The van der Waals surface area contributed by atoms with Gasteiger partial charge in [-0.15, -0.1) is 0 Å². The molecule has 328 valence electrons. The van der Waals surface area contributed by atoms with E-state index in [1.165, 1.54) is 30.8 Å². The van der Waals surface area contributed by atoms with Crippen molar-refractivity contribution < 1.29 is 51.8 Å². The number of nitrogens with one attached hydrogen (secondary N) is 3. The van der Waals surface area contributed by atoms with E-state index in [1.54, 1.807) is 13.8 Å². The predicted molar refractivity (Wildman–Crippen MR) is 215 cm³/mol. The lowest BCUT2D eigenvalue weighted by Gasteiger charge is -2.35. The summed E-state index contributed by atoms with van der Waals surface area (Å²) < 4.78 is 31.7. The summed E-state index contributed by atoms with van der Waals surface area (Å²) in [5.41, 5.74) is 12.9. The number of nitrogens with zero attached hydrogens (tertiary/aromatic N) is 2. The van der Waals surface area contributed by atoms with Gasteiger partial charge in [-0.3, -0.25) is 28.8 Å². The van der Waals surface area contributed by atoms with Gasteiger partial charge in [-0.05, 0) is 55.2 Å². The second kappa shape index (κ2) is 25.1. The van der Waals surface area contributed by atoms with Crippen molar-refractivity contribution in [1.29, 1.82) is 0 Å². The highest BCUT2D eigenvalue weighted by Gasteiger charge is 2.39. The van der Waals surface area contributed by atoms with Gasteiger partial charge in [0.25, 0.3) is 0 Å². The van der Waals surface area contributed by atoms with Crippen LogP contribution in [0.3, 0.4) is 0 Å². The Labute approximate surface area is 343 Å². The number of hydrogen-bond donors (Lipinski definition) is 6. The summed E-state index contributed by atoms with van der Waals surface area (Å²) in [5.74, 6) is -6.28. The number of unbranched alkanes of at least 4 members (excludes halogenated alkanes) is 1. The first kappa shape index (κ1) is 51.5.